The van der Waals surface area contributed by atoms with Crippen molar-refractivity contribution in [3.05, 3.63) is 237 Å². The van der Waals surface area contributed by atoms with Crippen molar-refractivity contribution in [1.29, 1.82) is 0 Å². The summed E-state index contributed by atoms with van der Waals surface area (Å²) < 4.78 is 0. The average molecular weight is 750 g/mol. The molecule has 59 heavy (non-hydrogen) atoms. The fourth-order valence-electron chi connectivity index (χ4n) is 8.98. The molecule has 0 saturated heterocycles. The summed E-state index contributed by atoms with van der Waals surface area (Å²) in [6.45, 7) is 0. The van der Waals surface area contributed by atoms with Gasteiger partial charge in [0.15, 0.2) is 0 Å². The summed E-state index contributed by atoms with van der Waals surface area (Å²) in [5.41, 5.74) is 12.8. The molecule has 1 heteroatoms. The fraction of sp³-hybridized carbons (Fsp3) is 0. The highest BCUT2D eigenvalue weighted by Gasteiger charge is 2.21. The third-order valence-electron chi connectivity index (χ3n) is 11.8. The molecule has 0 aliphatic rings. The minimum absolute atomic E-state index is 1.09. The van der Waals surface area contributed by atoms with Gasteiger partial charge in [-0.3, -0.25) is 0 Å². The topological polar surface area (TPSA) is 3.24 Å². The zero-order valence-electron chi connectivity index (χ0n) is 32.5. The summed E-state index contributed by atoms with van der Waals surface area (Å²) in [6, 6.07) is 86.4. The molecule has 0 aliphatic carbocycles. The summed E-state index contributed by atoms with van der Waals surface area (Å²) in [6.07, 6.45) is 0. The van der Waals surface area contributed by atoms with Crippen LogP contribution in [-0.4, -0.2) is 0 Å². The Kier molecular flexibility index (Phi) is 8.56. The second kappa shape index (κ2) is 14.6. The summed E-state index contributed by atoms with van der Waals surface area (Å²) in [4.78, 5) is 2.43. The third-order valence-corrected chi connectivity index (χ3v) is 11.8. The van der Waals surface area contributed by atoms with Crippen LogP contribution in [0.3, 0.4) is 0 Å². The van der Waals surface area contributed by atoms with E-state index in [2.05, 4.69) is 241 Å². The molecule has 0 atom stereocenters. The highest BCUT2D eigenvalue weighted by molar-refractivity contribution is 6.21. The van der Waals surface area contributed by atoms with E-state index in [0.29, 0.717) is 0 Å². The molecule has 0 saturated carbocycles. The smallest absolute Gasteiger partial charge is 0.0540 e. The van der Waals surface area contributed by atoms with Crippen LogP contribution in [0.5, 0.6) is 0 Å². The molecule has 0 radical (unpaired) electrons. The fourth-order valence-corrected chi connectivity index (χ4v) is 8.98. The van der Waals surface area contributed by atoms with Crippen molar-refractivity contribution in [2.75, 3.05) is 4.90 Å². The van der Waals surface area contributed by atoms with Gasteiger partial charge in [0.2, 0.25) is 0 Å². The Morgan fingerprint density at radius 3 is 1.56 bits per heavy atom. The van der Waals surface area contributed by atoms with Crippen LogP contribution in [0.15, 0.2) is 237 Å². The molecule has 11 aromatic carbocycles. The van der Waals surface area contributed by atoms with Crippen molar-refractivity contribution in [2.24, 2.45) is 0 Å². The Labute approximate surface area is 344 Å². The molecular weight excluding hydrogens is 711 g/mol. The lowest BCUT2D eigenvalue weighted by atomic mass is 9.87. The normalized spacial score (nSPS) is 11.4. The van der Waals surface area contributed by atoms with Crippen molar-refractivity contribution in [2.45, 2.75) is 0 Å². The van der Waals surface area contributed by atoms with E-state index in [1.165, 1.54) is 87.6 Å². The first-order valence-corrected chi connectivity index (χ1v) is 20.3. The highest BCUT2D eigenvalue weighted by Crippen LogP contribution is 2.46. The molecule has 0 amide bonds. The molecule has 1 nitrogen and oxygen atoms in total. The molecule has 11 rings (SSSR count). The lowest BCUT2D eigenvalue weighted by Crippen LogP contribution is -2.11. The molecule has 276 valence electrons. The molecule has 0 fully saturated rings. The maximum atomic E-state index is 2.43. The summed E-state index contributed by atoms with van der Waals surface area (Å²) in [5.74, 6) is 0. The Morgan fingerprint density at radius 2 is 0.780 bits per heavy atom. The van der Waals surface area contributed by atoms with E-state index in [1.807, 2.05) is 0 Å². The molecule has 0 N–H and O–H groups in total. The number of anilines is 3. The first-order chi connectivity index (χ1) is 29.3. The molecular formula is C58H39N. The SMILES string of the molecule is c1ccc(-c2cc(N(c3ccc(-c4ccc5ccccc5c4)cc3)c3ccccc3-c3ccccc3)ccc2-c2cc3c4ccccc4ccc3c3ccccc23)cc1. The molecule has 0 bridgehead atoms. The van der Waals surface area contributed by atoms with Crippen LogP contribution in [0.1, 0.15) is 0 Å². The second-order valence-corrected chi connectivity index (χ2v) is 15.3. The van der Waals surface area contributed by atoms with Gasteiger partial charge in [0.25, 0.3) is 0 Å². The molecule has 0 aliphatic heterocycles. The van der Waals surface area contributed by atoms with Crippen LogP contribution in [0, 0.1) is 0 Å². The first-order valence-electron chi connectivity index (χ1n) is 20.3. The van der Waals surface area contributed by atoms with Crippen LogP contribution in [0.2, 0.25) is 0 Å². The highest BCUT2D eigenvalue weighted by atomic mass is 15.1. The van der Waals surface area contributed by atoms with Gasteiger partial charge < -0.3 is 4.90 Å². The van der Waals surface area contributed by atoms with Gasteiger partial charge >= 0.3 is 0 Å². The Balaban J connectivity index is 1.13. The minimum atomic E-state index is 1.09. The lowest BCUT2D eigenvalue weighted by Gasteiger charge is -2.29. The van der Waals surface area contributed by atoms with Crippen molar-refractivity contribution in [1.82, 2.24) is 0 Å². The van der Waals surface area contributed by atoms with Crippen LogP contribution >= 0.6 is 0 Å². The summed E-state index contributed by atoms with van der Waals surface area (Å²) in [5, 5.41) is 10.1. The second-order valence-electron chi connectivity index (χ2n) is 15.3. The quantitative estimate of drug-likeness (QED) is 0.147. The van der Waals surface area contributed by atoms with E-state index in [4.69, 9.17) is 0 Å². The van der Waals surface area contributed by atoms with Gasteiger partial charge in [-0.15, -0.1) is 0 Å². The minimum Gasteiger partial charge on any atom is -0.310 e. The number of rotatable bonds is 7. The van der Waals surface area contributed by atoms with E-state index in [1.54, 1.807) is 0 Å². The molecule has 0 unspecified atom stereocenters. The predicted molar refractivity (Wildman–Crippen MR) is 253 cm³/mol. The summed E-state index contributed by atoms with van der Waals surface area (Å²) >= 11 is 0. The molecule has 0 aromatic heterocycles. The zero-order chi connectivity index (χ0) is 39.1. The number of nitrogens with zero attached hydrogens (tertiary/aromatic N) is 1. The van der Waals surface area contributed by atoms with Crippen molar-refractivity contribution < 1.29 is 0 Å². The van der Waals surface area contributed by atoms with Crippen LogP contribution in [0.4, 0.5) is 17.1 Å². The van der Waals surface area contributed by atoms with E-state index >= 15 is 0 Å². The average Bonchev–Trinajstić information content (AvgIpc) is 3.32. The Bertz CT molecular complexity index is 3310. The van der Waals surface area contributed by atoms with Crippen molar-refractivity contribution in [3.8, 4) is 44.5 Å². The maximum absolute atomic E-state index is 2.43. The van der Waals surface area contributed by atoms with Crippen LogP contribution in [0.25, 0.3) is 87.6 Å². The van der Waals surface area contributed by atoms with Gasteiger partial charge in [-0.1, -0.05) is 194 Å². The van der Waals surface area contributed by atoms with Gasteiger partial charge in [-0.25, -0.2) is 0 Å². The van der Waals surface area contributed by atoms with Crippen LogP contribution < -0.4 is 4.90 Å². The molecule has 0 spiro atoms. The van der Waals surface area contributed by atoms with E-state index in [0.717, 1.165) is 17.1 Å². The third kappa shape index (κ3) is 6.21. The van der Waals surface area contributed by atoms with E-state index < -0.39 is 0 Å². The first kappa shape index (κ1) is 34.5. The number of hydrogen-bond donors (Lipinski definition) is 0. The van der Waals surface area contributed by atoms with Crippen LogP contribution in [-0.2, 0) is 0 Å². The van der Waals surface area contributed by atoms with Crippen molar-refractivity contribution >= 4 is 60.2 Å². The van der Waals surface area contributed by atoms with E-state index in [-0.39, 0.29) is 0 Å². The number of hydrogen-bond acceptors (Lipinski definition) is 1. The van der Waals surface area contributed by atoms with Gasteiger partial charge in [-0.05, 0) is 124 Å². The Hall–Kier alpha value is -7.74. The maximum Gasteiger partial charge on any atom is 0.0540 e. The Morgan fingerprint density at radius 1 is 0.220 bits per heavy atom. The number of fused-ring (bicyclic) bond motifs is 6. The summed E-state index contributed by atoms with van der Waals surface area (Å²) in [7, 11) is 0. The largest absolute Gasteiger partial charge is 0.310 e. The predicted octanol–water partition coefficient (Wildman–Crippen LogP) is 16.4. The standard InChI is InChI=1S/C58H39N/c1-3-16-42(17-4-1)50-23-13-14-26-58(50)59(47-32-29-41(30-33-47)46-28-27-40-15-7-8-21-45(40)37-46)48-34-36-54(55(38-48)43-18-5-2-6-19-43)57-39-56-49-22-10-9-20-44(49)31-35-53(56)51-24-11-12-25-52(51)57/h1-39H. The molecule has 11 aromatic rings. The monoisotopic (exact) mass is 749 g/mol. The van der Waals surface area contributed by atoms with Gasteiger partial charge in [-0.2, -0.15) is 0 Å². The van der Waals surface area contributed by atoms with Gasteiger partial charge in [0.05, 0.1) is 5.69 Å². The van der Waals surface area contributed by atoms with Gasteiger partial charge in [0, 0.05) is 16.9 Å². The number of benzene rings is 11. The zero-order valence-corrected chi connectivity index (χ0v) is 32.5. The number of para-hydroxylation sites is 1. The van der Waals surface area contributed by atoms with Crippen molar-refractivity contribution in [3.63, 3.8) is 0 Å². The molecule has 0 heterocycles. The lowest BCUT2D eigenvalue weighted by molar-refractivity contribution is 1.28. The van der Waals surface area contributed by atoms with Gasteiger partial charge in [0.1, 0.15) is 0 Å². The van der Waals surface area contributed by atoms with E-state index in [9.17, 15) is 0 Å².